The number of hydrogen-bond donors (Lipinski definition) is 2. The van der Waals surface area contributed by atoms with Crippen molar-refractivity contribution in [2.24, 2.45) is 0 Å². The normalized spacial score (nSPS) is 19.5. The lowest BCUT2D eigenvalue weighted by Gasteiger charge is -2.10. The van der Waals surface area contributed by atoms with E-state index in [2.05, 4.69) is 10.6 Å². The Morgan fingerprint density at radius 2 is 2.41 bits per heavy atom. The Labute approximate surface area is 103 Å². The summed E-state index contributed by atoms with van der Waals surface area (Å²) in [4.78, 5) is 11.2. The summed E-state index contributed by atoms with van der Waals surface area (Å²) in [6.45, 7) is 6.11. The lowest BCUT2D eigenvalue weighted by molar-refractivity contribution is -0.120. The average molecular weight is 244 g/mol. The van der Waals surface area contributed by atoms with E-state index in [-0.39, 0.29) is 5.91 Å². The Kier molecular flexibility index (Phi) is 7.96. The minimum Gasteiger partial charge on any atom is -0.379 e. The molecule has 0 aliphatic carbocycles. The third-order valence-corrected chi connectivity index (χ3v) is 2.65. The molecule has 0 aromatic rings. The summed E-state index contributed by atoms with van der Waals surface area (Å²) in [7, 11) is 0. The van der Waals surface area contributed by atoms with Gasteiger partial charge in [0.05, 0.1) is 19.3 Å². The number of rotatable bonds is 9. The van der Waals surface area contributed by atoms with Crippen molar-refractivity contribution in [3.05, 3.63) is 0 Å². The summed E-state index contributed by atoms with van der Waals surface area (Å²) < 4.78 is 10.9. The molecule has 1 heterocycles. The lowest BCUT2D eigenvalue weighted by atomic mass is 10.2. The van der Waals surface area contributed by atoms with Gasteiger partial charge in [-0.05, 0) is 25.8 Å². The SMILES string of the molecule is CCNCC(=O)NCCCOCC1CCCO1. The van der Waals surface area contributed by atoms with E-state index in [4.69, 9.17) is 9.47 Å². The summed E-state index contributed by atoms with van der Waals surface area (Å²) in [6.07, 6.45) is 3.40. The number of hydrogen-bond acceptors (Lipinski definition) is 4. The quantitative estimate of drug-likeness (QED) is 0.573. The number of amides is 1. The zero-order valence-corrected chi connectivity index (χ0v) is 10.7. The summed E-state index contributed by atoms with van der Waals surface area (Å²) in [5.74, 6) is 0.0472. The van der Waals surface area contributed by atoms with Crippen LogP contribution in [0.3, 0.4) is 0 Å². The number of nitrogens with one attached hydrogen (secondary N) is 2. The molecule has 1 amide bonds. The van der Waals surface area contributed by atoms with Crippen molar-refractivity contribution >= 4 is 5.91 Å². The van der Waals surface area contributed by atoms with Crippen molar-refractivity contribution in [3.63, 3.8) is 0 Å². The van der Waals surface area contributed by atoms with Crippen LogP contribution in [0.25, 0.3) is 0 Å². The molecule has 5 nitrogen and oxygen atoms in total. The zero-order chi connectivity index (χ0) is 12.3. The highest BCUT2D eigenvalue weighted by atomic mass is 16.5. The first-order chi connectivity index (χ1) is 8.33. The van der Waals surface area contributed by atoms with Gasteiger partial charge in [-0.1, -0.05) is 6.92 Å². The van der Waals surface area contributed by atoms with Gasteiger partial charge in [-0.2, -0.15) is 0 Å². The first-order valence-electron chi connectivity index (χ1n) is 6.49. The first kappa shape index (κ1) is 14.4. The van der Waals surface area contributed by atoms with E-state index in [1.165, 1.54) is 0 Å². The van der Waals surface area contributed by atoms with Crippen molar-refractivity contribution in [1.29, 1.82) is 0 Å². The highest BCUT2D eigenvalue weighted by Gasteiger charge is 2.14. The predicted molar refractivity (Wildman–Crippen MR) is 66.0 cm³/mol. The number of carbonyl (C=O) groups is 1. The maximum absolute atomic E-state index is 11.2. The van der Waals surface area contributed by atoms with Gasteiger partial charge in [0, 0.05) is 19.8 Å². The third-order valence-electron chi connectivity index (χ3n) is 2.65. The summed E-state index contributed by atoms with van der Waals surface area (Å²) in [5.41, 5.74) is 0. The van der Waals surface area contributed by atoms with Crippen LogP contribution in [0.15, 0.2) is 0 Å². The largest absolute Gasteiger partial charge is 0.379 e. The van der Waals surface area contributed by atoms with Crippen LogP contribution in [0.5, 0.6) is 0 Å². The van der Waals surface area contributed by atoms with E-state index < -0.39 is 0 Å². The summed E-state index contributed by atoms with van der Waals surface area (Å²) >= 11 is 0. The summed E-state index contributed by atoms with van der Waals surface area (Å²) in [5, 5.41) is 5.81. The van der Waals surface area contributed by atoms with E-state index in [1.54, 1.807) is 0 Å². The molecule has 1 saturated heterocycles. The van der Waals surface area contributed by atoms with Gasteiger partial charge >= 0.3 is 0 Å². The topological polar surface area (TPSA) is 59.6 Å². The van der Waals surface area contributed by atoms with Crippen LogP contribution < -0.4 is 10.6 Å². The number of carbonyl (C=O) groups excluding carboxylic acids is 1. The van der Waals surface area contributed by atoms with Crippen molar-refractivity contribution in [2.75, 3.05) is 39.5 Å². The third kappa shape index (κ3) is 7.31. The Morgan fingerprint density at radius 1 is 1.53 bits per heavy atom. The van der Waals surface area contributed by atoms with Crippen LogP contribution in [0.2, 0.25) is 0 Å². The van der Waals surface area contributed by atoms with Crippen LogP contribution in [-0.4, -0.2) is 51.5 Å². The van der Waals surface area contributed by atoms with Crippen molar-refractivity contribution in [3.8, 4) is 0 Å². The molecule has 0 saturated carbocycles. The Hall–Kier alpha value is -0.650. The standard InChI is InChI=1S/C12H24N2O3/c1-2-13-9-12(15)14-6-4-7-16-10-11-5-3-8-17-11/h11,13H,2-10H2,1H3,(H,14,15). The van der Waals surface area contributed by atoms with Gasteiger partial charge in [0.2, 0.25) is 5.91 Å². The molecule has 1 aliphatic heterocycles. The molecular formula is C12H24N2O3. The van der Waals surface area contributed by atoms with Gasteiger partial charge in [-0.3, -0.25) is 4.79 Å². The van der Waals surface area contributed by atoms with Crippen molar-refractivity contribution in [2.45, 2.75) is 32.3 Å². The van der Waals surface area contributed by atoms with Gasteiger partial charge in [0.25, 0.3) is 0 Å². The Morgan fingerprint density at radius 3 is 3.12 bits per heavy atom. The maximum Gasteiger partial charge on any atom is 0.233 e. The van der Waals surface area contributed by atoms with Gasteiger partial charge in [0.15, 0.2) is 0 Å². The monoisotopic (exact) mass is 244 g/mol. The highest BCUT2D eigenvalue weighted by Crippen LogP contribution is 2.11. The van der Waals surface area contributed by atoms with E-state index in [0.29, 0.717) is 32.4 Å². The molecule has 1 rings (SSSR count). The molecule has 2 N–H and O–H groups in total. The second-order valence-corrected chi connectivity index (χ2v) is 4.19. The zero-order valence-electron chi connectivity index (χ0n) is 10.7. The molecule has 5 heteroatoms. The molecule has 0 bridgehead atoms. The molecule has 0 spiro atoms. The minimum atomic E-state index is 0.0472. The predicted octanol–water partition coefficient (Wildman–Crippen LogP) is 0.298. The minimum absolute atomic E-state index is 0.0472. The van der Waals surface area contributed by atoms with E-state index in [1.807, 2.05) is 6.92 Å². The molecule has 1 unspecified atom stereocenters. The first-order valence-corrected chi connectivity index (χ1v) is 6.49. The molecule has 100 valence electrons. The second-order valence-electron chi connectivity index (χ2n) is 4.19. The van der Waals surface area contributed by atoms with E-state index >= 15 is 0 Å². The highest BCUT2D eigenvalue weighted by molar-refractivity contribution is 5.77. The Balaban J connectivity index is 1.82. The molecule has 0 aromatic heterocycles. The van der Waals surface area contributed by atoms with Crippen molar-refractivity contribution < 1.29 is 14.3 Å². The van der Waals surface area contributed by atoms with E-state index in [9.17, 15) is 4.79 Å². The fraction of sp³-hybridized carbons (Fsp3) is 0.917. The summed E-state index contributed by atoms with van der Waals surface area (Å²) in [6, 6.07) is 0. The fourth-order valence-corrected chi connectivity index (χ4v) is 1.69. The van der Waals surface area contributed by atoms with Gasteiger partial charge in [-0.25, -0.2) is 0 Å². The van der Waals surface area contributed by atoms with Gasteiger partial charge in [-0.15, -0.1) is 0 Å². The van der Waals surface area contributed by atoms with E-state index in [0.717, 1.165) is 32.4 Å². The Bertz CT molecular complexity index is 206. The molecule has 0 aromatic carbocycles. The number of ether oxygens (including phenoxy) is 2. The van der Waals surface area contributed by atoms with Gasteiger partial charge < -0.3 is 20.1 Å². The van der Waals surface area contributed by atoms with Crippen LogP contribution in [0.1, 0.15) is 26.2 Å². The maximum atomic E-state index is 11.2. The molecule has 1 aliphatic rings. The van der Waals surface area contributed by atoms with Crippen LogP contribution in [0, 0.1) is 0 Å². The molecule has 0 radical (unpaired) electrons. The molecule has 1 fully saturated rings. The van der Waals surface area contributed by atoms with Crippen LogP contribution >= 0.6 is 0 Å². The second kappa shape index (κ2) is 9.39. The lowest BCUT2D eigenvalue weighted by Crippen LogP contribution is -2.34. The number of likely N-dealkylation sites (N-methyl/N-ethyl adjacent to an activating group) is 1. The molecule has 17 heavy (non-hydrogen) atoms. The molecular weight excluding hydrogens is 220 g/mol. The molecule has 1 atom stereocenters. The van der Waals surface area contributed by atoms with Gasteiger partial charge in [0.1, 0.15) is 0 Å². The van der Waals surface area contributed by atoms with Crippen molar-refractivity contribution in [1.82, 2.24) is 10.6 Å². The average Bonchev–Trinajstić information content (AvgIpc) is 2.84. The van der Waals surface area contributed by atoms with Crippen LogP contribution in [0.4, 0.5) is 0 Å². The fourth-order valence-electron chi connectivity index (χ4n) is 1.69. The smallest absolute Gasteiger partial charge is 0.233 e. The van der Waals surface area contributed by atoms with Crippen LogP contribution in [-0.2, 0) is 14.3 Å².